The number of carbonyl (C=O) groups excluding carboxylic acids is 11. The molecule has 0 aliphatic carbocycles. The van der Waals surface area contributed by atoms with Gasteiger partial charge in [-0.25, -0.2) is 14.4 Å². The number of aliphatic imine (C=N–C) groups is 1. The molecule has 0 aromatic heterocycles. The minimum atomic E-state index is -5.08. The van der Waals surface area contributed by atoms with E-state index in [1.807, 2.05) is 26.1 Å². The summed E-state index contributed by atoms with van der Waals surface area (Å²) >= 11 is 0. The van der Waals surface area contributed by atoms with Gasteiger partial charge < -0.3 is 117 Å². The van der Waals surface area contributed by atoms with Gasteiger partial charge in [0.25, 0.3) is 0 Å². The van der Waals surface area contributed by atoms with E-state index >= 15 is 9.59 Å². The maximum Gasteiger partial charge on any atom is 0.490 e. The molecule has 47 heteroatoms. The van der Waals surface area contributed by atoms with Crippen LogP contribution in [-0.2, 0) is 67.1 Å². The lowest BCUT2D eigenvalue weighted by molar-refractivity contribution is -0.193. The maximum atomic E-state index is 15.5. The number of carboxylic acids is 3. The smallest absolute Gasteiger partial charge is 0.475 e. The van der Waals surface area contributed by atoms with Gasteiger partial charge in [0.15, 0.2) is 12.1 Å². The minimum Gasteiger partial charge on any atom is -0.475 e. The Morgan fingerprint density at radius 1 is 0.607 bits per heavy atom. The first-order chi connectivity index (χ1) is 51.0. The summed E-state index contributed by atoms with van der Waals surface area (Å²) in [6.07, 6.45) is -21.0. The Balaban J connectivity index is 0. The third-order valence-electron chi connectivity index (χ3n) is 15.6. The SMILES string of the molecule is CC[C@H](C)[C@@H]1NC(=O)[C@@H](CCCN=C(N)N)NC(=O)[C@H](CC(C)C)NC(=O)[C@H]([C@H](O)C(C)C)NC(=O)[C@@H](NC(=O)[C@H](CC(C)(C)C)NC[C@@H](N)C[Si](C)(C)C)[C@@H](c2ccccc2)NC(=O)[C@H](CO)NC(=O)[C@H]([C@H](O)C(N)=O)NC(=O)CNC(=O)[C@H]([C@H](C)O)NC1=O.O=C(O)C(F)(F)F.O=C(O)C(F)(F)F.O=C(O)C(F)(F)F. The Kier molecular flexibility index (Phi) is 44.5. The van der Waals surface area contributed by atoms with Crippen molar-refractivity contribution in [2.24, 2.45) is 51.1 Å². The number of nitrogens with two attached hydrogens (primary N) is 4. The fourth-order valence-corrected chi connectivity index (χ4v) is 11.5. The quantitative estimate of drug-likeness (QED) is 0.0173. The number of aliphatic hydroxyl groups is 4. The molecule has 0 unspecified atom stereocenters. The molecule has 1 heterocycles. The highest BCUT2D eigenvalue weighted by molar-refractivity contribution is 6.76. The summed E-state index contributed by atoms with van der Waals surface area (Å²) in [6.45, 7) is 20.8. The first kappa shape index (κ1) is 104. The van der Waals surface area contributed by atoms with Crippen LogP contribution in [0.2, 0.25) is 25.7 Å². The number of nitrogens with one attached hydrogen (secondary N) is 11. The summed E-state index contributed by atoms with van der Waals surface area (Å²) < 4.78 is 95.2. The van der Waals surface area contributed by atoms with Crippen LogP contribution in [0.3, 0.4) is 0 Å². The zero-order valence-electron chi connectivity index (χ0n) is 63.8. The van der Waals surface area contributed by atoms with Crippen LogP contribution in [-0.4, -0.2) is 256 Å². The number of carboxylic acid groups (broad SMARTS) is 3. The number of halogens is 9. The lowest BCUT2D eigenvalue weighted by Crippen LogP contribution is -2.65. The molecule has 1 aromatic carbocycles. The maximum absolute atomic E-state index is 15.5. The highest BCUT2D eigenvalue weighted by atomic mass is 28.3. The zero-order valence-corrected chi connectivity index (χ0v) is 64.8. The van der Waals surface area contributed by atoms with Gasteiger partial charge in [-0.05, 0) is 67.4 Å². The Bertz CT molecular complexity index is 3270. The molecule has 1 aliphatic heterocycles. The van der Waals surface area contributed by atoms with E-state index in [1.54, 1.807) is 33.8 Å². The molecule has 0 radical (unpaired) electrons. The second-order valence-electron chi connectivity index (χ2n) is 28.9. The molecule has 112 heavy (non-hydrogen) atoms. The van der Waals surface area contributed by atoms with E-state index in [4.69, 9.17) is 52.6 Å². The number of amides is 11. The second-order valence-corrected chi connectivity index (χ2v) is 34.4. The molecule has 1 fully saturated rings. The molecule has 0 bridgehead atoms. The van der Waals surface area contributed by atoms with E-state index in [1.165, 1.54) is 38.1 Å². The van der Waals surface area contributed by atoms with Crippen molar-refractivity contribution in [2.45, 2.75) is 230 Å². The summed E-state index contributed by atoms with van der Waals surface area (Å²) in [6, 6.07) is -9.58. The van der Waals surface area contributed by atoms with E-state index in [9.17, 15) is 103 Å². The summed E-state index contributed by atoms with van der Waals surface area (Å²) in [7, 11) is -1.73. The number of guanidine groups is 1. The fourth-order valence-electron chi connectivity index (χ4n) is 9.81. The number of carbonyl (C=O) groups is 14. The number of hydrogen-bond acceptors (Lipinski definition) is 21. The number of aliphatic carboxylic acids is 3. The van der Waals surface area contributed by atoms with Gasteiger partial charge in [0.2, 0.25) is 65.0 Å². The van der Waals surface area contributed by atoms with Crippen molar-refractivity contribution in [3.05, 3.63) is 35.9 Å². The van der Waals surface area contributed by atoms with Crippen molar-refractivity contribution in [2.75, 3.05) is 26.2 Å². The van der Waals surface area contributed by atoms with Crippen LogP contribution in [0.25, 0.3) is 0 Å². The predicted octanol–water partition coefficient (Wildman–Crippen LogP) is -2.81. The van der Waals surface area contributed by atoms with E-state index in [2.05, 4.69) is 77.8 Å². The average molecular weight is 1650 g/mol. The van der Waals surface area contributed by atoms with Gasteiger partial charge in [-0.15, -0.1) is 0 Å². The van der Waals surface area contributed by atoms with Crippen LogP contribution in [0.1, 0.15) is 113 Å². The molecule has 37 nitrogen and oxygen atoms in total. The molecule has 2 rings (SSSR count). The van der Waals surface area contributed by atoms with Gasteiger partial charge >= 0.3 is 36.4 Å². The predicted molar refractivity (Wildman–Crippen MR) is 382 cm³/mol. The van der Waals surface area contributed by atoms with Crippen molar-refractivity contribution < 1.29 is 142 Å². The number of hydrogen-bond donors (Lipinski definition) is 22. The van der Waals surface area contributed by atoms with Crippen LogP contribution in [0.4, 0.5) is 39.5 Å². The summed E-state index contributed by atoms with van der Waals surface area (Å²) in [4.78, 5) is 188. The Morgan fingerprint density at radius 3 is 1.48 bits per heavy atom. The molecule has 1 saturated heterocycles. The van der Waals surface area contributed by atoms with Crippen LogP contribution in [0, 0.1) is 23.2 Å². The summed E-state index contributed by atoms with van der Waals surface area (Å²) in [5.74, 6) is -23.2. The number of rotatable bonds is 23. The number of nitrogens with zero attached hydrogens (tertiary/aromatic N) is 1. The first-order valence-electron chi connectivity index (χ1n) is 34.5. The van der Waals surface area contributed by atoms with Gasteiger partial charge in [-0.1, -0.05) is 119 Å². The molecular formula is C65H107F9N16O21Si. The number of aliphatic hydroxyl groups excluding tert-OH is 4. The molecule has 1 aliphatic rings. The van der Waals surface area contributed by atoms with E-state index < -0.39 is 225 Å². The fraction of sp³-hybridized carbons (Fsp3) is 0.677. The van der Waals surface area contributed by atoms with Crippen molar-refractivity contribution in [3.63, 3.8) is 0 Å². The van der Waals surface area contributed by atoms with Gasteiger partial charge in [0.05, 0.1) is 37.4 Å². The summed E-state index contributed by atoms with van der Waals surface area (Å²) in [5, 5.41) is 93.5. The molecule has 26 N–H and O–H groups in total. The average Bonchev–Trinajstić information content (AvgIpc) is 0.815. The first-order valence-corrected chi connectivity index (χ1v) is 38.2. The molecule has 640 valence electrons. The Labute approximate surface area is 639 Å². The normalized spacial score (nSPS) is 22.4. The van der Waals surface area contributed by atoms with E-state index in [0.29, 0.717) is 6.04 Å². The Morgan fingerprint density at radius 2 is 1.05 bits per heavy atom. The van der Waals surface area contributed by atoms with Crippen molar-refractivity contribution in [1.82, 2.24) is 58.5 Å². The van der Waals surface area contributed by atoms with Gasteiger partial charge in [-0.3, -0.25) is 57.7 Å². The summed E-state index contributed by atoms with van der Waals surface area (Å²) in [5.41, 5.74) is 22.6. The van der Waals surface area contributed by atoms with Crippen molar-refractivity contribution in [3.8, 4) is 0 Å². The molecule has 0 saturated carbocycles. The van der Waals surface area contributed by atoms with Crippen molar-refractivity contribution in [1.29, 1.82) is 0 Å². The van der Waals surface area contributed by atoms with Gasteiger partial charge in [0.1, 0.15) is 48.3 Å². The highest BCUT2D eigenvalue weighted by Crippen LogP contribution is 2.25. The molecule has 1 aromatic rings. The lowest BCUT2D eigenvalue weighted by Gasteiger charge is -2.35. The van der Waals surface area contributed by atoms with Gasteiger partial charge in [-0.2, -0.15) is 39.5 Å². The minimum absolute atomic E-state index is 0.0282. The van der Waals surface area contributed by atoms with Crippen LogP contribution < -0.4 is 81.4 Å². The third-order valence-corrected chi connectivity index (χ3v) is 17.3. The number of benzene rings is 1. The largest absolute Gasteiger partial charge is 0.490 e. The standard InChI is InChI=1S/C59H104N16O15Si.3C2HF3O2/c1-14-31(6)40-54(87)72-41(32(7)77)53(86)66-26-39(78)70-45(47(80)48(61)81)57(90)69-38(27-76)52(85)73-42(33-19-16-15-17-20-33)43(74-51(84)37(24-59(8,9)10)65-25-34(60)28-91(11,12)13)55(88)75-44(46(79)30(4)5)56(89)68-36(23-29(2)3)50(83)67-35(49(82)71-40)21-18-22-64-58(62)63;3*3-2(4,5)1(6)7/h15-17,19-20,29-32,34-38,40-47,65,76-77,79-80H,14,18,21-28,60H2,1-13H3,(H2,61,81)(H,66,86)(H,67,83)(H,68,89)(H,69,90)(H,70,78)(H,71,82)(H,72,87)(H,73,85)(H,74,84)(H,75,88)(H4,62,63,64);3*(H,6,7)/t31-,32-,34+,35+,36-,37-,38-,40-,41-,42+,43-,44-,45-,46+,47-;;;/m0.../s1. The zero-order chi connectivity index (χ0) is 87.6. The lowest BCUT2D eigenvalue weighted by atomic mass is 9.87. The van der Waals surface area contributed by atoms with Crippen LogP contribution >= 0.6 is 0 Å². The topological polar surface area (TPSA) is 629 Å². The van der Waals surface area contributed by atoms with Crippen LogP contribution in [0.15, 0.2) is 35.3 Å². The Hall–Kier alpha value is -9.58. The second kappa shape index (κ2) is 47.7. The van der Waals surface area contributed by atoms with Crippen LogP contribution in [0.5, 0.6) is 0 Å². The van der Waals surface area contributed by atoms with Crippen molar-refractivity contribution >= 4 is 96.9 Å². The van der Waals surface area contributed by atoms with E-state index in [-0.39, 0.29) is 62.6 Å². The number of alkyl halides is 9. The molecule has 0 spiro atoms. The highest BCUT2D eigenvalue weighted by Gasteiger charge is 2.45. The molecule has 15 atom stereocenters. The third kappa shape index (κ3) is 41.1. The molecular weight excluding hydrogens is 1540 g/mol. The number of primary amides is 1. The van der Waals surface area contributed by atoms with Gasteiger partial charge in [0, 0.05) is 27.2 Å². The monoisotopic (exact) mass is 1650 g/mol. The molecule has 11 amide bonds. The van der Waals surface area contributed by atoms with E-state index in [0.717, 1.165) is 6.92 Å².